The summed E-state index contributed by atoms with van der Waals surface area (Å²) in [6, 6.07) is 8.93. The minimum atomic E-state index is -4.41. The number of alkyl halides is 3. The molecule has 182 valence electrons. The second-order valence-electron chi connectivity index (χ2n) is 7.87. The molecule has 3 aromatic rings. The predicted octanol–water partition coefficient (Wildman–Crippen LogP) is 6.28. The second kappa shape index (κ2) is 10.5. The van der Waals surface area contributed by atoms with Crippen molar-refractivity contribution in [1.29, 1.82) is 0 Å². The Bertz CT molecular complexity index is 1140. The first-order valence-corrected chi connectivity index (χ1v) is 11.2. The smallest absolute Gasteiger partial charge is 0.416 e. The molecule has 1 unspecified atom stereocenters. The van der Waals surface area contributed by atoms with E-state index in [1.165, 1.54) is 35.6 Å². The third-order valence-corrected chi connectivity index (χ3v) is 6.02. The lowest BCUT2D eigenvalue weighted by molar-refractivity contribution is -0.153. The molecule has 1 aromatic heterocycles. The molecule has 0 aliphatic carbocycles. The van der Waals surface area contributed by atoms with Crippen molar-refractivity contribution in [3.05, 3.63) is 70.0 Å². The fourth-order valence-electron chi connectivity index (χ4n) is 3.16. The zero-order valence-electron chi connectivity index (χ0n) is 18.6. The molecule has 0 saturated carbocycles. The quantitative estimate of drug-likeness (QED) is 0.353. The number of benzene rings is 2. The Morgan fingerprint density at radius 2 is 1.82 bits per heavy atom. The van der Waals surface area contributed by atoms with Crippen LogP contribution >= 0.6 is 11.3 Å². The molecule has 2 aromatic carbocycles. The number of ether oxygens (including phenoxy) is 2. The topological polar surface area (TPSA) is 68.7 Å². The number of carbonyl (C=O) groups is 1. The van der Waals surface area contributed by atoms with E-state index in [4.69, 9.17) is 9.47 Å². The van der Waals surface area contributed by atoms with Gasteiger partial charge in [-0.15, -0.1) is 11.3 Å². The highest BCUT2D eigenvalue weighted by atomic mass is 32.1. The molecular weight excluding hydrogens is 474 g/mol. The third-order valence-electron chi connectivity index (χ3n) is 4.84. The highest BCUT2D eigenvalue weighted by molar-refractivity contribution is 7.15. The summed E-state index contributed by atoms with van der Waals surface area (Å²) in [5.74, 6) is -1.78. The normalized spacial score (nSPS) is 12.7. The fraction of sp³-hybridized carbons (Fsp3) is 0.333. The summed E-state index contributed by atoms with van der Waals surface area (Å²) in [6.07, 6.45) is -5.78. The van der Waals surface area contributed by atoms with Gasteiger partial charge in [-0.2, -0.15) is 13.2 Å². The van der Waals surface area contributed by atoms with E-state index in [9.17, 15) is 27.5 Å². The highest BCUT2D eigenvalue weighted by Crippen LogP contribution is 2.33. The maximum Gasteiger partial charge on any atom is 0.416 e. The minimum Gasteiger partial charge on any atom is -0.485 e. The van der Waals surface area contributed by atoms with E-state index in [1.807, 2.05) is 0 Å². The molecule has 0 amide bonds. The monoisotopic (exact) mass is 497 g/mol. The maximum atomic E-state index is 14.6. The van der Waals surface area contributed by atoms with Crippen LogP contribution in [-0.4, -0.2) is 28.3 Å². The van der Waals surface area contributed by atoms with Crippen LogP contribution in [0.2, 0.25) is 0 Å². The van der Waals surface area contributed by atoms with E-state index >= 15 is 0 Å². The molecule has 10 heteroatoms. The van der Waals surface area contributed by atoms with Gasteiger partial charge in [-0.1, -0.05) is 18.2 Å². The number of hydrogen-bond donors (Lipinski definition) is 1. The van der Waals surface area contributed by atoms with E-state index in [0.717, 1.165) is 12.1 Å². The van der Waals surface area contributed by atoms with Gasteiger partial charge in [0.05, 0.1) is 22.2 Å². The van der Waals surface area contributed by atoms with Crippen molar-refractivity contribution in [1.82, 2.24) is 4.98 Å². The summed E-state index contributed by atoms with van der Waals surface area (Å²) in [7, 11) is 0. The number of thiazole rings is 1. The van der Waals surface area contributed by atoms with Gasteiger partial charge in [0.15, 0.2) is 17.7 Å². The first-order chi connectivity index (χ1) is 15.9. The summed E-state index contributed by atoms with van der Waals surface area (Å²) < 4.78 is 63.8. The average Bonchev–Trinajstić information content (AvgIpc) is 3.12. The van der Waals surface area contributed by atoms with Crippen molar-refractivity contribution >= 4 is 17.3 Å². The third kappa shape index (κ3) is 6.54. The van der Waals surface area contributed by atoms with E-state index in [1.54, 1.807) is 26.8 Å². The molecular formula is C24H23F4NO4S. The van der Waals surface area contributed by atoms with Crippen LogP contribution in [0.15, 0.2) is 42.5 Å². The minimum absolute atomic E-state index is 0.00908. The van der Waals surface area contributed by atoms with Crippen molar-refractivity contribution < 1.29 is 36.9 Å². The Labute approximate surface area is 198 Å². The molecule has 3 rings (SSSR count). The van der Waals surface area contributed by atoms with E-state index in [-0.39, 0.29) is 24.9 Å². The summed E-state index contributed by atoms with van der Waals surface area (Å²) in [5.41, 5.74) is 0.889. The molecule has 0 aliphatic rings. The molecule has 0 aliphatic heterocycles. The highest BCUT2D eigenvalue weighted by Gasteiger charge is 2.30. The van der Waals surface area contributed by atoms with Crippen LogP contribution in [-0.2, 0) is 28.7 Å². The number of hydrogen-bond acceptors (Lipinski definition) is 5. The zero-order chi connectivity index (χ0) is 25.0. The van der Waals surface area contributed by atoms with Gasteiger partial charge in [0.2, 0.25) is 0 Å². The maximum absolute atomic E-state index is 14.6. The summed E-state index contributed by atoms with van der Waals surface area (Å²) in [4.78, 5) is 16.4. The van der Waals surface area contributed by atoms with Crippen molar-refractivity contribution in [3.8, 4) is 16.3 Å². The van der Waals surface area contributed by atoms with Crippen LogP contribution < -0.4 is 4.74 Å². The Balaban J connectivity index is 1.68. The molecule has 0 fully saturated rings. The summed E-state index contributed by atoms with van der Waals surface area (Å²) in [6.45, 7) is 5.20. The van der Waals surface area contributed by atoms with Crippen molar-refractivity contribution in [2.24, 2.45) is 0 Å². The van der Waals surface area contributed by atoms with Gasteiger partial charge >= 0.3 is 12.1 Å². The lowest BCUT2D eigenvalue weighted by atomic mass is 10.1. The first-order valence-electron chi connectivity index (χ1n) is 10.4. The number of aromatic nitrogens is 1. The molecule has 0 bridgehead atoms. The zero-order valence-corrected chi connectivity index (χ0v) is 19.5. The molecule has 0 spiro atoms. The molecule has 0 radical (unpaired) electrons. The Morgan fingerprint density at radius 3 is 2.38 bits per heavy atom. The Morgan fingerprint density at radius 1 is 1.15 bits per heavy atom. The summed E-state index contributed by atoms with van der Waals surface area (Å²) >= 11 is 1.25. The first kappa shape index (κ1) is 25.6. The average molecular weight is 498 g/mol. The number of aliphatic carboxylic acids is 1. The Kier molecular flexibility index (Phi) is 7.93. The van der Waals surface area contributed by atoms with Crippen LogP contribution in [0.25, 0.3) is 10.6 Å². The standard InChI is InChI=1S/C24H23F4NO4S/c1-13(2)33-20(23(30)31)11-15-4-9-19(18(25)10-15)32-12-21-14(3)29-22(34-21)16-5-7-17(8-6-16)24(26,27)28/h4-10,13,20H,11-12H2,1-3H3,(H,30,31). The lowest BCUT2D eigenvalue weighted by Crippen LogP contribution is -2.29. The molecule has 1 atom stereocenters. The van der Waals surface area contributed by atoms with Crippen LogP contribution in [0.5, 0.6) is 5.75 Å². The predicted molar refractivity (Wildman–Crippen MR) is 119 cm³/mol. The van der Waals surface area contributed by atoms with E-state index in [0.29, 0.717) is 26.7 Å². The van der Waals surface area contributed by atoms with Crippen LogP contribution in [0, 0.1) is 12.7 Å². The van der Waals surface area contributed by atoms with Gasteiger partial charge in [0, 0.05) is 12.0 Å². The number of rotatable bonds is 9. The van der Waals surface area contributed by atoms with Crippen LogP contribution in [0.3, 0.4) is 0 Å². The number of halogens is 4. The van der Waals surface area contributed by atoms with E-state index < -0.39 is 29.6 Å². The van der Waals surface area contributed by atoms with E-state index in [2.05, 4.69) is 4.98 Å². The van der Waals surface area contributed by atoms with Gasteiger partial charge in [-0.05, 0) is 50.6 Å². The molecule has 1 N–H and O–H groups in total. The number of carboxylic acids is 1. The van der Waals surface area contributed by atoms with Crippen molar-refractivity contribution in [2.75, 3.05) is 0 Å². The van der Waals surface area contributed by atoms with Crippen LogP contribution in [0.4, 0.5) is 17.6 Å². The number of nitrogens with zero attached hydrogens (tertiary/aromatic N) is 1. The SMILES string of the molecule is Cc1nc(-c2ccc(C(F)(F)F)cc2)sc1COc1ccc(CC(OC(C)C)C(=O)O)cc1F. The van der Waals surface area contributed by atoms with Gasteiger partial charge < -0.3 is 14.6 Å². The van der Waals surface area contributed by atoms with Gasteiger partial charge in [0.25, 0.3) is 0 Å². The van der Waals surface area contributed by atoms with Gasteiger partial charge in [0.1, 0.15) is 11.6 Å². The van der Waals surface area contributed by atoms with Crippen molar-refractivity contribution in [2.45, 2.75) is 52.2 Å². The molecule has 5 nitrogen and oxygen atoms in total. The van der Waals surface area contributed by atoms with Crippen LogP contribution in [0.1, 0.15) is 35.5 Å². The molecule has 34 heavy (non-hydrogen) atoms. The summed E-state index contributed by atoms with van der Waals surface area (Å²) in [5, 5.41) is 9.81. The van der Waals surface area contributed by atoms with Gasteiger partial charge in [-0.3, -0.25) is 0 Å². The Hall–Kier alpha value is -2.98. The molecule has 1 heterocycles. The molecule has 0 saturated heterocycles. The number of aryl methyl sites for hydroxylation is 1. The second-order valence-corrected chi connectivity index (χ2v) is 8.96. The van der Waals surface area contributed by atoms with Crippen molar-refractivity contribution in [3.63, 3.8) is 0 Å². The lowest BCUT2D eigenvalue weighted by Gasteiger charge is -2.17. The number of carboxylic acid groups (broad SMARTS) is 1. The van der Waals surface area contributed by atoms with Gasteiger partial charge in [-0.25, -0.2) is 14.2 Å². The largest absolute Gasteiger partial charge is 0.485 e. The fourth-order valence-corrected chi connectivity index (χ4v) is 4.14.